The zero-order chi connectivity index (χ0) is 28.3. The number of benzene rings is 1. The Morgan fingerprint density at radius 3 is 2.67 bits per heavy atom. The van der Waals surface area contributed by atoms with Crippen molar-refractivity contribution < 1.29 is 33.3 Å². The molecule has 9 nitrogen and oxygen atoms in total. The molecule has 11 heteroatoms. The highest BCUT2D eigenvalue weighted by Crippen LogP contribution is 2.46. The largest absolute Gasteiger partial charge is 0.458 e. The van der Waals surface area contributed by atoms with Gasteiger partial charge < -0.3 is 24.8 Å². The van der Waals surface area contributed by atoms with E-state index in [1.54, 1.807) is 19.9 Å². The van der Waals surface area contributed by atoms with Gasteiger partial charge in [0.25, 0.3) is 11.5 Å². The number of halogens is 2. The van der Waals surface area contributed by atoms with E-state index in [1.807, 2.05) is 0 Å². The first kappa shape index (κ1) is 25.3. The normalized spacial score (nSPS) is 27.9. The summed E-state index contributed by atoms with van der Waals surface area (Å²) in [5.41, 5.74) is -0.187. The first-order valence-corrected chi connectivity index (χ1v) is 13.5. The van der Waals surface area contributed by atoms with Crippen molar-refractivity contribution in [2.24, 2.45) is 0 Å². The molecule has 0 unspecified atom stereocenters. The molecule has 1 amide bonds. The summed E-state index contributed by atoms with van der Waals surface area (Å²) in [6.45, 7) is 3.14. The summed E-state index contributed by atoms with van der Waals surface area (Å²) in [5.74, 6) is -1.93. The quantitative estimate of drug-likeness (QED) is 0.334. The van der Waals surface area contributed by atoms with Crippen molar-refractivity contribution in [1.82, 2.24) is 14.9 Å². The highest BCUT2D eigenvalue weighted by molar-refractivity contribution is 5.94. The molecule has 2 aliphatic carbocycles. The maximum Gasteiger partial charge on any atom is 0.343 e. The Balaban J connectivity index is 1.45. The molecule has 3 aromatic rings. The van der Waals surface area contributed by atoms with Crippen molar-refractivity contribution in [2.75, 3.05) is 0 Å². The fraction of sp³-hybridized carbons (Fsp3) is 0.448. The maximum absolute atomic E-state index is 15.0. The van der Waals surface area contributed by atoms with Crippen molar-refractivity contribution in [1.29, 1.82) is 0 Å². The van der Waals surface area contributed by atoms with Gasteiger partial charge in [-0.15, -0.1) is 0 Å². The minimum absolute atomic E-state index is 0.00438. The molecular weight excluding hydrogens is 524 g/mol. The number of rotatable bonds is 3. The Morgan fingerprint density at radius 1 is 1.23 bits per heavy atom. The number of amides is 1. The Hall–Kier alpha value is -3.70. The van der Waals surface area contributed by atoms with Gasteiger partial charge in [-0.3, -0.25) is 9.59 Å². The van der Waals surface area contributed by atoms with Crippen molar-refractivity contribution in [2.45, 2.75) is 82.5 Å². The van der Waals surface area contributed by atoms with Gasteiger partial charge in [-0.1, -0.05) is 6.92 Å². The van der Waals surface area contributed by atoms with E-state index in [2.05, 4.69) is 5.32 Å². The number of aromatic nitrogens is 2. The summed E-state index contributed by atoms with van der Waals surface area (Å²) in [6.07, 6.45) is -0.935. The van der Waals surface area contributed by atoms with E-state index in [9.17, 15) is 29.0 Å². The first-order valence-electron chi connectivity index (χ1n) is 13.5. The predicted molar refractivity (Wildman–Crippen MR) is 138 cm³/mol. The number of pyridine rings is 2. The number of aliphatic hydroxyl groups is 2. The van der Waals surface area contributed by atoms with Crippen LogP contribution in [0.3, 0.4) is 0 Å². The molecule has 208 valence electrons. The van der Waals surface area contributed by atoms with E-state index in [1.165, 1.54) is 10.6 Å². The lowest BCUT2D eigenvalue weighted by Gasteiger charge is -2.39. The number of carbonyl (C=O) groups is 2. The van der Waals surface area contributed by atoms with Crippen LogP contribution in [0.4, 0.5) is 8.78 Å². The maximum atomic E-state index is 15.0. The van der Waals surface area contributed by atoms with Crippen molar-refractivity contribution in [3.8, 4) is 11.4 Å². The molecule has 40 heavy (non-hydrogen) atoms. The highest BCUT2D eigenvalue weighted by Gasteiger charge is 2.50. The summed E-state index contributed by atoms with van der Waals surface area (Å²) in [6, 6.07) is 2.32. The zero-order valence-electron chi connectivity index (χ0n) is 21.9. The summed E-state index contributed by atoms with van der Waals surface area (Å²) in [5, 5.41) is 25.4. The van der Waals surface area contributed by atoms with E-state index in [0.29, 0.717) is 51.8 Å². The van der Waals surface area contributed by atoms with Crippen LogP contribution < -0.4 is 10.9 Å². The van der Waals surface area contributed by atoms with Crippen LogP contribution in [0.2, 0.25) is 0 Å². The van der Waals surface area contributed by atoms with Crippen LogP contribution in [0.1, 0.15) is 72.0 Å². The molecule has 2 aliphatic heterocycles. The van der Waals surface area contributed by atoms with E-state index in [-0.39, 0.29) is 43.5 Å². The standard InChI is InChI=1S/C29H27F2N3O6/c1-3-29(39)17-6-21-24-15(10-34(21)25(35)16(17)11-40-27(29)37)23-19(33-26(36)28(38)8-13(30)9-28)5-4-14-12(2)18(31)7-20(32-24)22(14)23/h6-7,13,19,38-39H,3-5,8-11H2,1-2H3,(H,33,36)/t13?,19-,28?,29-/m0/s1. The van der Waals surface area contributed by atoms with Gasteiger partial charge in [-0.05, 0) is 48.9 Å². The van der Waals surface area contributed by atoms with Crippen LogP contribution in [0.15, 0.2) is 16.9 Å². The molecule has 0 saturated heterocycles. The van der Waals surface area contributed by atoms with Gasteiger partial charge in [0.2, 0.25) is 0 Å². The van der Waals surface area contributed by atoms with Crippen LogP contribution in [0, 0.1) is 12.7 Å². The molecule has 4 aliphatic rings. The van der Waals surface area contributed by atoms with Crippen LogP contribution >= 0.6 is 0 Å². The van der Waals surface area contributed by atoms with E-state index in [0.717, 1.165) is 5.56 Å². The predicted octanol–water partition coefficient (Wildman–Crippen LogP) is 2.49. The number of esters is 1. The molecule has 4 heterocycles. The summed E-state index contributed by atoms with van der Waals surface area (Å²) >= 11 is 0. The second-order valence-corrected chi connectivity index (χ2v) is 11.4. The van der Waals surface area contributed by atoms with Gasteiger partial charge in [-0.2, -0.15) is 0 Å². The van der Waals surface area contributed by atoms with Crippen LogP contribution in [-0.2, 0) is 39.5 Å². The van der Waals surface area contributed by atoms with Gasteiger partial charge in [0.05, 0.1) is 35.1 Å². The van der Waals surface area contributed by atoms with Crippen molar-refractivity contribution in [3.05, 3.63) is 61.7 Å². The number of hydrogen-bond acceptors (Lipinski definition) is 7. The number of cyclic esters (lactones) is 1. The first-order chi connectivity index (χ1) is 19.0. The summed E-state index contributed by atoms with van der Waals surface area (Å²) < 4.78 is 35.2. The van der Waals surface area contributed by atoms with Crippen LogP contribution in [0.25, 0.3) is 22.3 Å². The Labute approximate surface area is 226 Å². The molecule has 3 N–H and O–H groups in total. The lowest BCUT2D eigenvalue weighted by molar-refractivity contribution is -0.172. The molecule has 1 saturated carbocycles. The number of ether oxygens (including phenoxy) is 1. The molecule has 0 spiro atoms. The van der Waals surface area contributed by atoms with E-state index in [4.69, 9.17) is 9.72 Å². The van der Waals surface area contributed by atoms with E-state index < -0.39 is 46.7 Å². The Bertz CT molecular complexity index is 1740. The summed E-state index contributed by atoms with van der Waals surface area (Å²) in [7, 11) is 0. The molecule has 7 rings (SSSR count). The minimum Gasteiger partial charge on any atom is -0.458 e. The highest BCUT2D eigenvalue weighted by atomic mass is 19.1. The molecular formula is C29H27F2N3O6. The van der Waals surface area contributed by atoms with Crippen molar-refractivity contribution >= 4 is 22.8 Å². The second kappa shape index (κ2) is 8.17. The molecule has 1 fully saturated rings. The van der Waals surface area contributed by atoms with Crippen molar-refractivity contribution in [3.63, 3.8) is 0 Å². The zero-order valence-corrected chi connectivity index (χ0v) is 21.9. The summed E-state index contributed by atoms with van der Waals surface area (Å²) in [4.78, 5) is 44.0. The molecule has 0 radical (unpaired) electrons. The van der Waals surface area contributed by atoms with E-state index >= 15 is 4.39 Å². The number of hydrogen-bond donors (Lipinski definition) is 3. The van der Waals surface area contributed by atoms with Crippen LogP contribution in [0.5, 0.6) is 0 Å². The Morgan fingerprint density at radius 2 is 1.98 bits per heavy atom. The van der Waals surface area contributed by atoms with Crippen LogP contribution in [-0.4, -0.2) is 43.4 Å². The Kier molecular flexibility index (Phi) is 5.16. The molecule has 2 aromatic heterocycles. The van der Waals surface area contributed by atoms with Gasteiger partial charge in [0.15, 0.2) is 5.60 Å². The lowest BCUT2D eigenvalue weighted by Crippen LogP contribution is -2.57. The number of nitrogens with one attached hydrogen (secondary N) is 1. The number of nitrogens with zero attached hydrogens (tertiary/aromatic N) is 2. The third kappa shape index (κ3) is 3.18. The molecule has 0 bridgehead atoms. The second-order valence-electron chi connectivity index (χ2n) is 11.4. The third-order valence-electron chi connectivity index (χ3n) is 9.22. The third-order valence-corrected chi connectivity index (χ3v) is 9.22. The average molecular weight is 552 g/mol. The molecule has 1 aromatic carbocycles. The number of carbonyl (C=O) groups excluding carboxylic acids is 2. The SMILES string of the molecule is CC[C@@]1(O)C(=O)OCc2c1cc1n(c2=O)Cc2c-1nc1cc(F)c(C)c3c1c2[C@@H](NC(=O)C1(O)CC(F)C1)CC3. The monoisotopic (exact) mass is 551 g/mol. The number of aryl methyl sites for hydroxylation is 1. The fourth-order valence-corrected chi connectivity index (χ4v) is 6.85. The van der Waals surface area contributed by atoms with Gasteiger partial charge in [0.1, 0.15) is 24.2 Å². The number of fused-ring (bicyclic) bond motifs is 5. The van der Waals surface area contributed by atoms with Gasteiger partial charge in [-0.25, -0.2) is 18.6 Å². The smallest absolute Gasteiger partial charge is 0.343 e. The lowest BCUT2D eigenvalue weighted by atomic mass is 9.76. The number of alkyl halides is 1. The average Bonchev–Trinajstić information content (AvgIpc) is 3.28. The minimum atomic E-state index is -1.99. The molecule has 2 atom stereocenters. The van der Waals surface area contributed by atoms with Gasteiger partial charge >= 0.3 is 5.97 Å². The van der Waals surface area contributed by atoms with Gasteiger partial charge in [0, 0.05) is 35.4 Å². The fourth-order valence-electron chi connectivity index (χ4n) is 6.85. The topological polar surface area (TPSA) is 131 Å².